The largest absolute Gasteiger partial charge is 0.330 e. The van der Waals surface area contributed by atoms with E-state index in [0.717, 1.165) is 25.2 Å². The van der Waals surface area contributed by atoms with Crippen LogP contribution >= 0.6 is 0 Å². The van der Waals surface area contributed by atoms with Gasteiger partial charge < -0.3 is 4.90 Å². The van der Waals surface area contributed by atoms with Crippen LogP contribution in [0.1, 0.15) is 52.6 Å². The molecule has 170 valence electrons. The molecule has 1 aromatic carbocycles. The van der Waals surface area contributed by atoms with Gasteiger partial charge >= 0.3 is 0 Å². The first kappa shape index (κ1) is 22.0. The SMILES string of the molecule is Cc1nc2cc(C3CCCCN3C(=O)c3cccc(F)c3NS(C)(=O)=O)[nH]n2c(=O)c1C. The van der Waals surface area contributed by atoms with Crippen molar-refractivity contribution < 1.29 is 17.6 Å². The number of carbonyl (C=O) groups excluding carboxylic acids is 1. The Morgan fingerprint density at radius 1 is 1.28 bits per heavy atom. The van der Waals surface area contributed by atoms with Crippen LogP contribution in [0.15, 0.2) is 29.1 Å². The van der Waals surface area contributed by atoms with Gasteiger partial charge in [0.05, 0.1) is 29.2 Å². The Hall–Kier alpha value is -3.21. The Labute approximate surface area is 184 Å². The molecule has 1 unspecified atom stereocenters. The summed E-state index contributed by atoms with van der Waals surface area (Å²) in [5, 5.41) is 3.06. The highest BCUT2D eigenvalue weighted by molar-refractivity contribution is 7.92. The molecule has 1 saturated heterocycles. The summed E-state index contributed by atoms with van der Waals surface area (Å²) in [6, 6.07) is 5.21. The highest BCUT2D eigenvalue weighted by Crippen LogP contribution is 2.33. The maximum Gasteiger partial charge on any atom is 0.275 e. The number of H-pyrrole nitrogens is 1. The van der Waals surface area contributed by atoms with Crippen LogP contribution in [-0.4, -0.2) is 46.6 Å². The second kappa shape index (κ2) is 8.05. The Morgan fingerprint density at radius 3 is 2.75 bits per heavy atom. The monoisotopic (exact) mass is 461 g/mol. The van der Waals surface area contributed by atoms with E-state index >= 15 is 0 Å². The van der Waals surface area contributed by atoms with Gasteiger partial charge in [-0.1, -0.05) is 6.07 Å². The van der Waals surface area contributed by atoms with Gasteiger partial charge in [-0.25, -0.2) is 22.3 Å². The minimum absolute atomic E-state index is 0.0691. The number of amides is 1. The van der Waals surface area contributed by atoms with Crippen molar-refractivity contribution in [1.82, 2.24) is 19.5 Å². The van der Waals surface area contributed by atoms with Crippen LogP contribution in [0.3, 0.4) is 0 Å². The average molecular weight is 462 g/mol. The molecule has 2 aromatic heterocycles. The summed E-state index contributed by atoms with van der Waals surface area (Å²) in [6.45, 7) is 3.88. The molecule has 0 spiro atoms. The van der Waals surface area contributed by atoms with Gasteiger partial charge in [0.1, 0.15) is 5.82 Å². The van der Waals surface area contributed by atoms with Gasteiger partial charge in [0.15, 0.2) is 5.65 Å². The summed E-state index contributed by atoms with van der Waals surface area (Å²) >= 11 is 0. The molecule has 0 saturated carbocycles. The number of rotatable bonds is 4. The summed E-state index contributed by atoms with van der Waals surface area (Å²) in [7, 11) is -3.80. The zero-order chi connectivity index (χ0) is 23.2. The average Bonchev–Trinajstić information content (AvgIpc) is 3.16. The zero-order valence-corrected chi connectivity index (χ0v) is 18.8. The van der Waals surface area contributed by atoms with Gasteiger partial charge in [-0.15, -0.1) is 0 Å². The van der Waals surface area contributed by atoms with Crippen molar-refractivity contribution in [3.63, 3.8) is 0 Å². The van der Waals surface area contributed by atoms with Crippen LogP contribution in [0.4, 0.5) is 10.1 Å². The Morgan fingerprint density at radius 2 is 2.03 bits per heavy atom. The topological polar surface area (TPSA) is 117 Å². The number of nitrogens with one attached hydrogen (secondary N) is 2. The fourth-order valence-electron chi connectivity index (χ4n) is 4.05. The van der Waals surface area contributed by atoms with Crippen LogP contribution in [0.5, 0.6) is 0 Å². The molecule has 3 aromatic rings. The molecule has 9 nitrogen and oxygen atoms in total. The molecule has 32 heavy (non-hydrogen) atoms. The van der Waals surface area contributed by atoms with Gasteiger partial charge in [0.2, 0.25) is 10.0 Å². The highest BCUT2D eigenvalue weighted by Gasteiger charge is 2.32. The molecule has 1 atom stereocenters. The second-order valence-corrected chi connectivity index (χ2v) is 9.83. The van der Waals surface area contributed by atoms with Crippen molar-refractivity contribution in [2.75, 3.05) is 17.5 Å². The number of aromatic nitrogens is 3. The zero-order valence-electron chi connectivity index (χ0n) is 18.0. The van der Waals surface area contributed by atoms with Gasteiger partial charge in [-0.2, -0.15) is 0 Å². The predicted molar refractivity (Wildman–Crippen MR) is 118 cm³/mol. The van der Waals surface area contributed by atoms with Crippen LogP contribution in [0, 0.1) is 19.7 Å². The van der Waals surface area contributed by atoms with E-state index in [1.807, 2.05) is 0 Å². The number of aromatic amines is 1. The molecule has 11 heteroatoms. The summed E-state index contributed by atoms with van der Waals surface area (Å²) in [4.78, 5) is 32.1. The van der Waals surface area contributed by atoms with Crippen LogP contribution in [0.25, 0.3) is 5.65 Å². The van der Waals surface area contributed by atoms with Crippen molar-refractivity contribution in [3.05, 3.63) is 63.0 Å². The van der Waals surface area contributed by atoms with E-state index in [1.54, 1.807) is 24.8 Å². The quantitative estimate of drug-likeness (QED) is 0.619. The van der Waals surface area contributed by atoms with E-state index < -0.39 is 27.8 Å². The minimum Gasteiger partial charge on any atom is -0.330 e. The molecule has 1 aliphatic rings. The number of likely N-dealkylation sites (tertiary alicyclic amines) is 1. The maximum absolute atomic E-state index is 14.4. The van der Waals surface area contributed by atoms with Crippen molar-refractivity contribution in [2.24, 2.45) is 0 Å². The van der Waals surface area contributed by atoms with E-state index in [4.69, 9.17) is 0 Å². The molecule has 2 N–H and O–H groups in total. The van der Waals surface area contributed by atoms with E-state index in [1.165, 1.54) is 16.6 Å². The number of anilines is 1. The number of hydrogen-bond acceptors (Lipinski definition) is 5. The third kappa shape index (κ3) is 3.99. The van der Waals surface area contributed by atoms with Gasteiger partial charge in [-0.05, 0) is 45.2 Å². The molecular formula is C21H24FN5O4S. The Balaban J connectivity index is 1.77. The number of nitrogens with zero attached hydrogens (tertiary/aromatic N) is 3. The summed E-state index contributed by atoms with van der Waals surface area (Å²) in [5.41, 5.74) is 1.61. The lowest BCUT2D eigenvalue weighted by atomic mass is 9.98. The second-order valence-electron chi connectivity index (χ2n) is 8.08. The molecule has 4 rings (SSSR count). The van der Waals surface area contributed by atoms with Crippen LogP contribution in [-0.2, 0) is 10.0 Å². The lowest BCUT2D eigenvalue weighted by molar-refractivity contribution is 0.0606. The Kier molecular flexibility index (Phi) is 5.53. The maximum atomic E-state index is 14.4. The summed E-state index contributed by atoms with van der Waals surface area (Å²) < 4.78 is 41.4. The molecule has 1 amide bonds. The van der Waals surface area contributed by atoms with Crippen LogP contribution in [0.2, 0.25) is 0 Å². The number of piperidine rings is 1. The van der Waals surface area contributed by atoms with Crippen molar-refractivity contribution in [3.8, 4) is 0 Å². The van der Waals surface area contributed by atoms with Gasteiger partial charge in [0, 0.05) is 23.9 Å². The summed E-state index contributed by atoms with van der Waals surface area (Å²) in [6.07, 6.45) is 3.15. The molecule has 0 bridgehead atoms. The first-order valence-electron chi connectivity index (χ1n) is 10.2. The minimum atomic E-state index is -3.80. The fourth-order valence-corrected chi connectivity index (χ4v) is 4.63. The Bertz CT molecular complexity index is 1380. The molecule has 0 radical (unpaired) electrons. The van der Waals surface area contributed by atoms with E-state index in [0.29, 0.717) is 35.6 Å². The van der Waals surface area contributed by atoms with Crippen molar-refractivity contribution in [2.45, 2.75) is 39.2 Å². The molecule has 0 aliphatic carbocycles. The first-order chi connectivity index (χ1) is 15.1. The van der Waals surface area contributed by atoms with E-state index in [-0.39, 0.29) is 16.8 Å². The number of para-hydroxylation sites is 1. The molecule has 1 aliphatic heterocycles. The molecular weight excluding hydrogens is 437 g/mol. The van der Waals surface area contributed by atoms with Crippen LogP contribution < -0.4 is 10.3 Å². The number of halogens is 1. The number of carbonyl (C=O) groups is 1. The van der Waals surface area contributed by atoms with Crippen molar-refractivity contribution in [1.29, 1.82) is 0 Å². The first-order valence-corrected chi connectivity index (χ1v) is 12.1. The normalized spacial score (nSPS) is 17.0. The third-order valence-electron chi connectivity index (χ3n) is 5.76. The van der Waals surface area contributed by atoms with Crippen molar-refractivity contribution >= 4 is 27.3 Å². The standard InChI is InChI=1S/C21H24FN5O4S/c1-12-13(2)23-18-11-16(24-27(18)20(12)28)17-9-4-5-10-26(17)21(29)14-7-6-8-15(22)19(14)25-32(3,30)31/h6-8,11,17,24-25H,4-5,9-10H2,1-3H3. The number of hydrogen-bond donors (Lipinski definition) is 2. The number of benzene rings is 1. The lowest BCUT2D eigenvalue weighted by Crippen LogP contribution is -2.39. The lowest BCUT2D eigenvalue weighted by Gasteiger charge is -2.35. The van der Waals surface area contributed by atoms with Gasteiger partial charge in [-0.3, -0.25) is 19.4 Å². The predicted octanol–water partition coefficient (Wildman–Crippen LogP) is 2.52. The number of sulfonamides is 1. The van der Waals surface area contributed by atoms with E-state index in [2.05, 4.69) is 14.8 Å². The summed E-state index contributed by atoms with van der Waals surface area (Å²) in [5.74, 6) is -1.33. The fraction of sp³-hybridized carbons (Fsp3) is 0.381. The third-order valence-corrected chi connectivity index (χ3v) is 6.33. The number of aryl methyl sites for hydroxylation is 1. The smallest absolute Gasteiger partial charge is 0.275 e. The molecule has 3 heterocycles. The highest BCUT2D eigenvalue weighted by atomic mass is 32.2. The molecule has 1 fully saturated rings. The number of fused-ring (bicyclic) bond motifs is 1. The van der Waals surface area contributed by atoms with Gasteiger partial charge in [0.25, 0.3) is 11.5 Å². The van der Waals surface area contributed by atoms with E-state index in [9.17, 15) is 22.4 Å².